The maximum atomic E-state index is 11.8. The molecule has 21 heavy (non-hydrogen) atoms. The third-order valence-corrected chi connectivity index (χ3v) is 3.53. The number of nitrogens with one attached hydrogen (secondary N) is 1. The molecule has 0 spiro atoms. The molecule has 0 atom stereocenters. The van der Waals surface area contributed by atoms with E-state index in [1.807, 2.05) is 20.8 Å². The molecule has 1 aromatic carbocycles. The summed E-state index contributed by atoms with van der Waals surface area (Å²) in [4.78, 5) is 11.8. The van der Waals surface area contributed by atoms with Gasteiger partial charge in [0.05, 0.1) is 0 Å². The molecule has 0 aliphatic carbocycles. The number of ether oxygens (including phenoxy) is 1. The van der Waals surface area contributed by atoms with Gasteiger partial charge in [0, 0.05) is 5.02 Å². The van der Waals surface area contributed by atoms with Gasteiger partial charge in [0.25, 0.3) is 5.91 Å². The van der Waals surface area contributed by atoms with Crippen molar-refractivity contribution in [3.05, 3.63) is 34.0 Å². The number of aromatic nitrogens is 2. The van der Waals surface area contributed by atoms with Gasteiger partial charge in [-0.15, -0.1) is 0 Å². The van der Waals surface area contributed by atoms with E-state index in [4.69, 9.17) is 16.3 Å². The standard InChI is InChI=1S/C14H16ClN3O3/c1-4-11-14(18-21-17-11)16-12(19)7-20-10-5-8(2)13(15)9(3)6-10/h5-6H,4,7H2,1-3H3,(H,16,18,19). The molecule has 0 unspecified atom stereocenters. The Morgan fingerprint density at radius 2 is 2.00 bits per heavy atom. The molecule has 1 heterocycles. The molecule has 1 N–H and O–H groups in total. The molecule has 112 valence electrons. The Kier molecular flexibility index (Phi) is 4.80. The third-order valence-electron chi connectivity index (χ3n) is 2.93. The molecule has 0 aliphatic rings. The lowest BCUT2D eigenvalue weighted by Crippen LogP contribution is -2.21. The average molecular weight is 310 g/mol. The molecule has 0 aliphatic heterocycles. The van der Waals surface area contributed by atoms with Crippen molar-refractivity contribution in [2.45, 2.75) is 27.2 Å². The molecule has 2 rings (SSSR count). The minimum absolute atomic E-state index is 0.128. The summed E-state index contributed by atoms with van der Waals surface area (Å²) in [7, 11) is 0. The first-order chi connectivity index (χ1) is 10.0. The molecule has 0 saturated heterocycles. The molecule has 0 radical (unpaired) electrons. The van der Waals surface area contributed by atoms with Crippen LogP contribution < -0.4 is 10.1 Å². The molecule has 6 nitrogen and oxygen atoms in total. The van der Waals surface area contributed by atoms with Crippen molar-refractivity contribution >= 4 is 23.3 Å². The van der Waals surface area contributed by atoms with Crippen molar-refractivity contribution in [2.24, 2.45) is 0 Å². The van der Waals surface area contributed by atoms with Gasteiger partial charge in [0.2, 0.25) is 5.82 Å². The van der Waals surface area contributed by atoms with Crippen LogP contribution >= 0.6 is 11.6 Å². The quantitative estimate of drug-likeness (QED) is 0.919. The topological polar surface area (TPSA) is 77.3 Å². The number of hydrogen-bond acceptors (Lipinski definition) is 5. The van der Waals surface area contributed by atoms with Gasteiger partial charge in [-0.25, -0.2) is 4.63 Å². The number of halogens is 1. The molecule has 0 fully saturated rings. The van der Waals surface area contributed by atoms with E-state index in [9.17, 15) is 4.79 Å². The third kappa shape index (κ3) is 3.72. The van der Waals surface area contributed by atoms with Gasteiger partial charge in [0.15, 0.2) is 6.61 Å². The number of hydrogen-bond donors (Lipinski definition) is 1. The SMILES string of the molecule is CCc1nonc1NC(=O)COc1cc(C)c(Cl)c(C)c1. The largest absolute Gasteiger partial charge is 0.484 e. The lowest BCUT2D eigenvalue weighted by Gasteiger charge is -2.09. The molecule has 1 aromatic heterocycles. The first-order valence-electron chi connectivity index (χ1n) is 6.52. The van der Waals surface area contributed by atoms with Crippen LogP contribution in [0.1, 0.15) is 23.7 Å². The highest BCUT2D eigenvalue weighted by molar-refractivity contribution is 6.32. The van der Waals surface area contributed by atoms with Crippen molar-refractivity contribution in [1.29, 1.82) is 0 Å². The Labute approximate surface area is 127 Å². The van der Waals surface area contributed by atoms with Crippen molar-refractivity contribution in [2.75, 3.05) is 11.9 Å². The lowest BCUT2D eigenvalue weighted by molar-refractivity contribution is -0.118. The molecule has 0 bridgehead atoms. The first-order valence-corrected chi connectivity index (χ1v) is 6.90. The smallest absolute Gasteiger partial charge is 0.263 e. The second kappa shape index (κ2) is 6.58. The van der Waals surface area contributed by atoms with Crippen LogP contribution in [0.25, 0.3) is 0 Å². The molecule has 0 saturated carbocycles. The Bertz CT molecular complexity index is 632. The first kappa shape index (κ1) is 15.3. The average Bonchev–Trinajstić information content (AvgIpc) is 2.89. The fourth-order valence-corrected chi connectivity index (χ4v) is 1.95. The van der Waals surface area contributed by atoms with Gasteiger partial charge in [-0.3, -0.25) is 4.79 Å². The number of aryl methyl sites for hydroxylation is 3. The summed E-state index contributed by atoms with van der Waals surface area (Å²) in [6.07, 6.45) is 0.621. The van der Waals surface area contributed by atoms with Crippen LogP contribution in [0.2, 0.25) is 5.02 Å². The summed E-state index contributed by atoms with van der Waals surface area (Å²) in [5.41, 5.74) is 2.41. The van der Waals surface area contributed by atoms with Crippen LogP contribution in [-0.2, 0) is 11.2 Å². The van der Waals surface area contributed by atoms with E-state index in [2.05, 4.69) is 20.3 Å². The van der Waals surface area contributed by atoms with Gasteiger partial charge in [0.1, 0.15) is 11.4 Å². The predicted octanol–water partition coefficient (Wildman–Crippen LogP) is 2.92. The zero-order valence-corrected chi connectivity index (χ0v) is 12.8. The van der Waals surface area contributed by atoms with Gasteiger partial charge in [-0.1, -0.05) is 23.7 Å². The second-order valence-electron chi connectivity index (χ2n) is 4.62. The molecule has 1 amide bonds. The summed E-state index contributed by atoms with van der Waals surface area (Å²) in [6.45, 7) is 5.54. The normalized spacial score (nSPS) is 10.5. The van der Waals surface area contributed by atoms with E-state index in [1.54, 1.807) is 12.1 Å². The number of benzene rings is 1. The van der Waals surface area contributed by atoms with Crippen molar-refractivity contribution in [1.82, 2.24) is 10.3 Å². The van der Waals surface area contributed by atoms with Crippen LogP contribution in [0.5, 0.6) is 5.75 Å². The number of rotatable bonds is 5. The van der Waals surface area contributed by atoms with E-state index in [-0.39, 0.29) is 12.5 Å². The Balaban J connectivity index is 1.95. The Morgan fingerprint density at radius 1 is 1.33 bits per heavy atom. The maximum absolute atomic E-state index is 11.8. The molecule has 2 aromatic rings. The second-order valence-corrected chi connectivity index (χ2v) is 5.00. The maximum Gasteiger partial charge on any atom is 0.263 e. The van der Waals surface area contributed by atoms with E-state index in [0.717, 1.165) is 11.1 Å². The van der Waals surface area contributed by atoms with Crippen LogP contribution in [0, 0.1) is 13.8 Å². The molecular formula is C14H16ClN3O3. The lowest BCUT2D eigenvalue weighted by atomic mass is 10.1. The van der Waals surface area contributed by atoms with Gasteiger partial charge in [-0.05, 0) is 48.7 Å². The summed E-state index contributed by atoms with van der Waals surface area (Å²) < 4.78 is 10.0. The summed E-state index contributed by atoms with van der Waals surface area (Å²) in [6, 6.07) is 3.58. The Morgan fingerprint density at radius 3 is 2.62 bits per heavy atom. The number of carbonyl (C=O) groups is 1. The van der Waals surface area contributed by atoms with Crippen LogP contribution in [0.15, 0.2) is 16.8 Å². The van der Waals surface area contributed by atoms with Crippen molar-refractivity contribution in [3.63, 3.8) is 0 Å². The number of carbonyl (C=O) groups excluding carboxylic acids is 1. The minimum atomic E-state index is -0.328. The predicted molar refractivity (Wildman–Crippen MR) is 78.7 cm³/mol. The summed E-state index contributed by atoms with van der Waals surface area (Å²) in [5.74, 6) is 0.596. The fraction of sp³-hybridized carbons (Fsp3) is 0.357. The zero-order valence-electron chi connectivity index (χ0n) is 12.1. The van der Waals surface area contributed by atoms with E-state index >= 15 is 0 Å². The van der Waals surface area contributed by atoms with E-state index in [0.29, 0.717) is 28.7 Å². The number of amides is 1. The van der Waals surface area contributed by atoms with Gasteiger partial charge < -0.3 is 10.1 Å². The summed E-state index contributed by atoms with van der Waals surface area (Å²) >= 11 is 6.08. The highest BCUT2D eigenvalue weighted by atomic mass is 35.5. The van der Waals surface area contributed by atoms with Gasteiger partial charge >= 0.3 is 0 Å². The zero-order chi connectivity index (χ0) is 15.4. The van der Waals surface area contributed by atoms with Gasteiger partial charge in [-0.2, -0.15) is 0 Å². The van der Waals surface area contributed by atoms with E-state index < -0.39 is 0 Å². The minimum Gasteiger partial charge on any atom is -0.484 e. The van der Waals surface area contributed by atoms with Crippen LogP contribution in [0.3, 0.4) is 0 Å². The summed E-state index contributed by atoms with van der Waals surface area (Å²) in [5, 5.41) is 10.6. The van der Waals surface area contributed by atoms with Crippen LogP contribution in [-0.4, -0.2) is 22.8 Å². The van der Waals surface area contributed by atoms with Crippen molar-refractivity contribution < 1.29 is 14.2 Å². The monoisotopic (exact) mass is 309 g/mol. The van der Waals surface area contributed by atoms with E-state index in [1.165, 1.54) is 0 Å². The van der Waals surface area contributed by atoms with Crippen molar-refractivity contribution in [3.8, 4) is 5.75 Å². The molecular weight excluding hydrogens is 294 g/mol. The highest BCUT2D eigenvalue weighted by Crippen LogP contribution is 2.25. The number of nitrogens with zero attached hydrogens (tertiary/aromatic N) is 2. The molecule has 7 heteroatoms. The fourth-order valence-electron chi connectivity index (χ4n) is 1.84. The number of anilines is 1. The van der Waals surface area contributed by atoms with Crippen LogP contribution in [0.4, 0.5) is 5.82 Å². The Hall–Kier alpha value is -2.08. The highest BCUT2D eigenvalue weighted by Gasteiger charge is 2.12.